The first-order valence-corrected chi connectivity index (χ1v) is 7.35. The number of rotatable bonds is 2. The van der Waals surface area contributed by atoms with Gasteiger partial charge in [-0.2, -0.15) is 0 Å². The van der Waals surface area contributed by atoms with Crippen LogP contribution in [0.5, 0.6) is 0 Å². The van der Waals surface area contributed by atoms with Gasteiger partial charge in [-0.3, -0.25) is 4.90 Å². The topological polar surface area (TPSA) is 3.24 Å². The van der Waals surface area contributed by atoms with Gasteiger partial charge in [-0.25, -0.2) is 0 Å². The smallest absolute Gasteiger partial charge is 0.0125 e. The van der Waals surface area contributed by atoms with Crippen molar-refractivity contribution in [2.75, 3.05) is 13.1 Å². The number of hydrogen-bond acceptors (Lipinski definition) is 1. The SMILES string of the molecule is CC(CC(C)(C)C)C1CCN(C(C)(C)C)CC1. The van der Waals surface area contributed by atoms with E-state index in [0.29, 0.717) is 11.0 Å². The van der Waals surface area contributed by atoms with Gasteiger partial charge < -0.3 is 0 Å². The van der Waals surface area contributed by atoms with Crippen LogP contribution in [0.2, 0.25) is 0 Å². The van der Waals surface area contributed by atoms with E-state index in [2.05, 4.69) is 53.4 Å². The van der Waals surface area contributed by atoms with Crippen LogP contribution < -0.4 is 0 Å². The predicted octanol–water partition coefficient (Wildman–Crippen LogP) is 4.57. The fraction of sp³-hybridized carbons (Fsp3) is 1.00. The largest absolute Gasteiger partial charge is 0.298 e. The van der Waals surface area contributed by atoms with Crippen molar-refractivity contribution in [2.24, 2.45) is 17.3 Å². The van der Waals surface area contributed by atoms with Crippen LogP contribution in [0.25, 0.3) is 0 Å². The summed E-state index contributed by atoms with van der Waals surface area (Å²) in [5.41, 5.74) is 0.846. The third kappa shape index (κ3) is 4.99. The van der Waals surface area contributed by atoms with Gasteiger partial charge >= 0.3 is 0 Å². The summed E-state index contributed by atoms with van der Waals surface area (Å²) < 4.78 is 0. The van der Waals surface area contributed by atoms with Crippen LogP contribution >= 0.6 is 0 Å². The molecule has 0 aliphatic carbocycles. The van der Waals surface area contributed by atoms with Crippen molar-refractivity contribution >= 4 is 0 Å². The summed E-state index contributed by atoms with van der Waals surface area (Å²) in [4.78, 5) is 2.65. The van der Waals surface area contributed by atoms with E-state index in [9.17, 15) is 0 Å². The standard InChI is InChI=1S/C16H33N/c1-13(12-15(2,3)4)14-8-10-17(11-9-14)16(5,6)7/h13-14H,8-12H2,1-7H3. The molecule has 1 nitrogen and oxygen atoms in total. The molecule has 0 spiro atoms. The summed E-state index contributed by atoms with van der Waals surface area (Å²) in [7, 11) is 0. The van der Waals surface area contributed by atoms with Gasteiger partial charge in [0.25, 0.3) is 0 Å². The number of likely N-dealkylation sites (tertiary alicyclic amines) is 1. The lowest BCUT2D eigenvalue weighted by atomic mass is 9.76. The van der Waals surface area contributed by atoms with E-state index in [-0.39, 0.29) is 0 Å². The number of hydrogen-bond donors (Lipinski definition) is 0. The highest BCUT2D eigenvalue weighted by atomic mass is 15.2. The molecular formula is C16H33N. The molecule has 0 saturated carbocycles. The van der Waals surface area contributed by atoms with Crippen LogP contribution in [0.15, 0.2) is 0 Å². The maximum absolute atomic E-state index is 2.65. The molecule has 1 heterocycles. The quantitative estimate of drug-likeness (QED) is 0.682. The third-order valence-electron chi connectivity index (χ3n) is 4.23. The lowest BCUT2D eigenvalue weighted by Gasteiger charge is -2.43. The zero-order chi connectivity index (χ0) is 13.3. The fourth-order valence-electron chi connectivity index (χ4n) is 3.27. The zero-order valence-electron chi connectivity index (χ0n) is 13.1. The Morgan fingerprint density at radius 2 is 1.47 bits per heavy atom. The molecule has 17 heavy (non-hydrogen) atoms. The minimum Gasteiger partial charge on any atom is -0.298 e. The van der Waals surface area contributed by atoms with Gasteiger partial charge in [-0.05, 0) is 70.4 Å². The highest BCUT2D eigenvalue weighted by Crippen LogP contribution is 2.34. The maximum atomic E-state index is 2.65. The van der Waals surface area contributed by atoms with Crippen molar-refractivity contribution < 1.29 is 0 Å². The molecule has 0 N–H and O–H groups in total. The van der Waals surface area contributed by atoms with Crippen LogP contribution in [-0.2, 0) is 0 Å². The fourth-order valence-corrected chi connectivity index (χ4v) is 3.27. The molecule has 1 atom stereocenters. The molecular weight excluding hydrogens is 206 g/mol. The van der Waals surface area contributed by atoms with Gasteiger partial charge in [-0.1, -0.05) is 27.7 Å². The molecule has 0 amide bonds. The average Bonchev–Trinajstić information content (AvgIpc) is 2.14. The predicted molar refractivity (Wildman–Crippen MR) is 77.3 cm³/mol. The van der Waals surface area contributed by atoms with E-state index in [0.717, 1.165) is 11.8 Å². The molecule has 0 aromatic carbocycles. The Labute approximate surface area is 109 Å². The monoisotopic (exact) mass is 239 g/mol. The molecule has 1 aliphatic heterocycles. The molecule has 1 rings (SSSR count). The molecule has 0 radical (unpaired) electrons. The van der Waals surface area contributed by atoms with Crippen molar-refractivity contribution in [3.05, 3.63) is 0 Å². The minimum atomic E-state index is 0.359. The Bertz CT molecular complexity index is 223. The van der Waals surface area contributed by atoms with Crippen molar-refractivity contribution in [2.45, 2.75) is 73.3 Å². The van der Waals surface area contributed by atoms with Gasteiger partial charge in [0.1, 0.15) is 0 Å². The Morgan fingerprint density at radius 1 is 1.00 bits per heavy atom. The van der Waals surface area contributed by atoms with Crippen molar-refractivity contribution in [3.8, 4) is 0 Å². The summed E-state index contributed by atoms with van der Waals surface area (Å²) in [6.07, 6.45) is 4.16. The van der Waals surface area contributed by atoms with Crippen LogP contribution in [-0.4, -0.2) is 23.5 Å². The Hall–Kier alpha value is -0.0400. The minimum absolute atomic E-state index is 0.359. The first-order chi connectivity index (χ1) is 7.59. The molecule has 1 unspecified atom stereocenters. The molecule has 1 fully saturated rings. The van der Waals surface area contributed by atoms with Crippen molar-refractivity contribution in [1.82, 2.24) is 4.90 Å². The van der Waals surface area contributed by atoms with Crippen LogP contribution in [0.3, 0.4) is 0 Å². The number of nitrogens with zero attached hydrogens (tertiary/aromatic N) is 1. The van der Waals surface area contributed by atoms with Crippen LogP contribution in [0, 0.1) is 17.3 Å². The summed E-state index contributed by atoms with van der Waals surface area (Å²) >= 11 is 0. The molecule has 1 aliphatic rings. The zero-order valence-corrected chi connectivity index (χ0v) is 13.1. The Balaban J connectivity index is 2.42. The van der Waals surface area contributed by atoms with E-state index < -0.39 is 0 Å². The van der Waals surface area contributed by atoms with Gasteiger partial charge in [-0.15, -0.1) is 0 Å². The summed E-state index contributed by atoms with van der Waals surface area (Å²) in [6.45, 7) is 19.2. The first-order valence-electron chi connectivity index (χ1n) is 7.35. The first kappa shape index (κ1) is 15.0. The maximum Gasteiger partial charge on any atom is 0.0125 e. The van der Waals surface area contributed by atoms with E-state index in [1.165, 1.54) is 32.4 Å². The molecule has 1 heteroatoms. The van der Waals surface area contributed by atoms with Crippen LogP contribution in [0.4, 0.5) is 0 Å². The average molecular weight is 239 g/mol. The molecule has 0 aromatic rings. The van der Waals surface area contributed by atoms with Gasteiger partial charge in [0.15, 0.2) is 0 Å². The molecule has 0 bridgehead atoms. The highest BCUT2D eigenvalue weighted by Gasteiger charge is 2.30. The summed E-state index contributed by atoms with van der Waals surface area (Å²) in [5.74, 6) is 1.84. The Kier molecular flexibility index (Phi) is 4.68. The third-order valence-corrected chi connectivity index (χ3v) is 4.23. The molecule has 0 aromatic heterocycles. The van der Waals surface area contributed by atoms with Crippen molar-refractivity contribution in [1.29, 1.82) is 0 Å². The van der Waals surface area contributed by atoms with Crippen molar-refractivity contribution in [3.63, 3.8) is 0 Å². The van der Waals surface area contributed by atoms with E-state index in [1.807, 2.05) is 0 Å². The van der Waals surface area contributed by atoms with E-state index in [4.69, 9.17) is 0 Å². The Morgan fingerprint density at radius 3 is 1.82 bits per heavy atom. The van der Waals surface area contributed by atoms with Gasteiger partial charge in [0.2, 0.25) is 0 Å². The normalized spacial score (nSPS) is 22.8. The van der Waals surface area contributed by atoms with E-state index >= 15 is 0 Å². The lowest BCUT2D eigenvalue weighted by molar-refractivity contribution is 0.0654. The molecule has 1 saturated heterocycles. The molecule has 102 valence electrons. The second-order valence-electron chi connectivity index (χ2n) is 8.24. The highest BCUT2D eigenvalue weighted by molar-refractivity contribution is 4.84. The number of piperidine rings is 1. The van der Waals surface area contributed by atoms with Crippen LogP contribution in [0.1, 0.15) is 67.7 Å². The van der Waals surface area contributed by atoms with Gasteiger partial charge in [0, 0.05) is 5.54 Å². The lowest BCUT2D eigenvalue weighted by Crippen LogP contribution is -2.47. The summed E-state index contributed by atoms with van der Waals surface area (Å²) in [6, 6.07) is 0. The van der Waals surface area contributed by atoms with E-state index in [1.54, 1.807) is 0 Å². The second kappa shape index (κ2) is 5.30. The van der Waals surface area contributed by atoms with Gasteiger partial charge in [0.05, 0.1) is 0 Å². The second-order valence-corrected chi connectivity index (χ2v) is 8.24. The summed E-state index contributed by atoms with van der Waals surface area (Å²) in [5, 5.41) is 0.